The van der Waals surface area contributed by atoms with E-state index < -0.39 is 17.6 Å². The number of anilines is 1. The molecule has 0 bridgehead atoms. The van der Waals surface area contributed by atoms with Gasteiger partial charge < -0.3 is 10.6 Å². The van der Waals surface area contributed by atoms with Crippen LogP contribution < -0.4 is 10.6 Å². The van der Waals surface area contributed by atoms with Crippen LogP contribution in [0, 0.1) is 6.92 Å². The minimum absolute atomic E-state index is 0.0161. The van der Waals surface area contributed by atoms with Crippen LogP contribution >= 0.6 is 0 Å². The molecule has 0 aliphatic rings. The average molecular weight is 336 g/mol. The third-order valence-corrected chi connectivity index (χ3v) is 3.83. The maximum Gasteiger partial charge on any atom is 0.416 e. The number of nitrogens with one attached hydrogen (secondary N) is 2. The van der Waals surface area contributed by atoms with Gasteiger partial charge in [0.15, 0.2) is 0 Å². The number of carbonyl (C=O) groups is 1. The van der Waals surface area contributed by atoms with Crippen molar-refractivity contribution in [3.8, 4) is 0 Å². The number of hydrogen-bond acceptors (Lipinski definition) is 2. The molecule has 2 rings (SSSR count). The quantitative estimate of drug-likeness (QED) is 0.860. The summed E-state index contributed by atoms with van der Waals surface area (Å²) in [5.74, 6) is -0.541. The van der Waals surface area contributed by atoms with Gasteiger partial charge in [0.1, 0.15) is 0 Å². The monoisotopic (exact) mass is 336 g/mol. The Bertz CT molecular complexity index is 741. The van der Waals surface area contributed by atoms with Gasteiger partial charge >= 0.3 is 6.18 Å². The molecule has 1 amide bonds. The molecule has 0 aliphatic carbocycles. The van der Waals surface area contributed by atoms with E-state index in [0.717, 1.165) is 28.9 Å². The van der Waals surface area contributed by atoms with Crippen LogP contribution in [0.5, 0.6) is 0 Å². The maximum atomic E-state index is 12.7. The minimum Gasteiger partial charge on any atom is -0.388 e. The Morgan fingerprint density at radius 3 is 2.46 bits per heavy atom. The average Bonchev–Trinajstić information content (AvgIpc) is 2.54. The van der Waals surface area contributed by atoms with Crippen molar-refractivity contribution in [1.29, 1.82) is 0 Å². The topological polar surface area (TPSA) is 41.1 Å². The number of aryl methyl sites for hydroxylation is 1. The standard InChI is InChI=1S/C18H19F3N2O/c1-11-7-8-13(10-16(11)22-3)12(2)23-17(24)14-5-4-6-15(9-14)18(19,20)21/h4-10,12,22H,1-3H3,(H,23,24). The largest absolute Gasteiger partial charge is 0.416 e. The van der Waals surface area contributed by atoms with Gasteiger partial charge in [-0.1, -0.05) is 18.2 Å². The summed E-state index contributed by atoms with van der Waals surface area (Å²) in [5.41, 5.74) is 2.02. The van der Waals surface area contributed by atoms with Gasteiger partial charge in [-0.25, -0.2) is 0 Å². The molecule has 0 aromatic heterocycles. The molecule has 128 valence electrons. The van der Waals surface area contributed by atoms with Gasteiger partial charge in [-0.2, -0.15) is 13.2 Å². The third-order valence-electron chi connectivity index (χ3n) is 3.83. The Labute approximate surface area is 138 Å². The molecule has 0 spiro atoms. The summed E-state index contributed by atoms with van der Waals surface area (Å²) in [4.78, 5) is 12.2. The van der Waals surface area contributed by atoms with Crippen molar-refractivity contribution in [3.05, 3.63) is 64.7 Å². The lowest BCUT2D eigenvalue weighted by atomic mass is 10.0. The van der Waals surface area contributed by atoms with E-state index in [1.807, 2.05) is 25.1 Å². The number of amides is 1. The van der Waals surface area contributed by atoms with Crippen molar-refractivity contribution >= 4 is 11.6 Å². The maximum absolute atomic E-state index is 12.7. The van der Waals surface area contributed by atoms with Crippen LogP contribution in [-0.4, -0.2) is 13.0 Å². The number of rotatable bonds is 4. The van der Waals surface area contributed by atoms with Crippen LogP contribution in [0.2, 0.25) is 0 Å². The van der Waals surface area contributed by atoms with E-state index in [4.69, 9.17) is 0 Å². The van der Waals surface area contributed by atoms with E-state index in [-0.39, 0.29) is 11.6 Å². The molecule has 0 heterocycles. The summed E-state index contributed by atoms with van der Waals surface area (Å²) in [6, 6.07) is 9.78. The first kappa shape index (κ1) is 17.8. The van der Waals surface area contributed by atoms with Crippen molar-refractivity contribution in [3.63, 3.8) is 0 Å². The first-order chi connectivity index (χ1) is 11.2. The van der Waals surface area contributed by atoms with Gasteiger partial charge in [-0.3, -0.25) is 4.79 Å². The number of halogens is 3. The lowest BCUT2D eigenvalue weighted by Crippen LogP contribution is -2.27. The summed E-state index contributed by atoms with van der Waals surface area (Å²) in [7, 11) is 1.80. The van der Waals surface area contributed by atoms with Gasteiger partial charge in [0.2, 0.25) is 0 Å². The van der Waals surface area contributed by atoms with Crippen LogP contribution in [0.3, 0.4) is 0 Å². The molecule has 3 nitrogen and oxygen atoms in total. The van der Waals surface area contributed by atoms with E-state index in [0.29, 0.717) is 0 Å². The normalized spacial score (nSPS) is 12.6. The summed E-state index contributed by atoms with van der Waals surface area (Å²) in [6.45, 7) is 3.75. The molecule has 0 saturated carbocycles. The Kier molecular flexibility index (Phi) is 5.17. The number of benzene rings is 2. The van der Waals surface area contributed by atoms with Crippen LogP contribution in [0.25, 0.3) is 0 Å². The highest BCUT2D eigenvalue weighted by Gasteiger charge is 2.31. The molecule has 0 aliphatic heterocycles. The fourth-order valence-corrected chi connectivity index (χ4v) is 2.38. The van der Waals surface area contributed by atoms with Crippen molar-refractivity contribution in [2.75, 3.05) is 12.4 Å². The van der Waals surface area contributed by atoms with Gasteiger partial charge in [0, 0.05) is 18.3 Å². The summed E-state index contributed by atoms with van der Waals surface area (Å²) < 4.78 is 38.2. The highest BCUT2D eigenvalue weighted by molar-refractivity contribution is 5.94. The van der Waals surface area contributed by atoms with Gasteiger partial charge in [0.05, 0.1) is 11.6 Å². The van der Waals surface area contributed by atoms with Crippen molar-refractivity contribution in [1.82, 2.24) is 5.32 Å². The summed E-state index contributed by atoms with van der Waals surface area (Å²) in [6.07, 6.45) is -4.47. The Balaban J connectivity index is 2.17. The molecule has 1 atom stereocenters. The minimum atomic E-state index is -4.47. The Morgan fingerprint density at radius 2 is 1.83 bits per heavy atom. The fourth-order valence-electron chi connectivity index (χ4n) is 2.38. The second-order valence-electron chi connectivity index (χ2n) is 5.60. The summed E-state index contributed by atoms with van der Waals surface area (Å²) in [5, 5.41) is 5.79. The fraction of sp³-hybridized carbons (Fsp3) is 0.278. The van der Waals surface area contributed by atoms with Gasteiger partial charge in [-0.15, -0.1) is 0 Å². The lowest BCUT2D eigenvalue weighted by molar-refractivity contribution is -0.137. The molecular formula is C18H19F3N2O. The zero-order valence-electron chi connectivity index (χ0n) is 13.7. The third kappa shape index (κ3) is 4.07. The van der Waals surface area contributed by atoms with E-state index in [1.165, 1.54) is 12.1 Å². The van der Waals surface area contributed by atoms with Crippen molar-refractivity contribution in [2.24, 2.45) is 0 Å². The zero-order chi connectivity index (χ0) is 17.9. The van der Waals surface area contributed by atoms with Crippen molar-refractivity contribution in [2.45, 2.75) is 26.1 Å². The second kappa shape index (κ2) is 6.95. The summed E-state index contributed by atoms with van der Waals surface area (Å²) >= 11 is 0. The van der Waals surface area contributed by atoms with E-state index in [9.17, 15) is 18.0 Å². The lowest BCUT2D eigenvalue weighted by Gasteiger charge is -2.17. The highest BCUT2D eigenvalue weighted by Crippen LogP contribution is 2.29. The predicted octanol–water partition coefficient (Wildman–Crippen LogP) is 4.55. The van der Waals surface area contributed by atoms with Crippen LogP contribution in [0.15, 0.2) is 42.5 Å². The van der Waals surface area contributed by atoms with Crippen molar-refractivity contribution < 1.29 is 18.0 Å². The first-order valence-corrected chi connectivity index (χ1v) is 7.49. The van der Waals surface area contributed by atoms with Crippen LogP contribution in [0.4, 0.5) is 18.9 Å². The SMILES string of the molecule is CNc1cc(C(C)NC(=O)c2cccc(C(F)(F)F)c2)ccc1C. The molecule has 0 saturated heterocycles. The van der Waals surface area contributed by atoms with E-state index in [2.05, 4.69) is 10.6 Å². The molecule has 2 aromatic rings. The van der Waals surface area contributed by atoms with Gasteiger partial charge in [-0.05, 0) is 49.2 Å². The number of alkyl halides is 3. The molecule has 24 heavy (non-hydrogen) atoms. The molecule has 2 N–H and O–H groups in total. The molecule has 1 unspecified atom stereocenters. The number of hydrogen-bond donors (Lipinski definition) is 2. The molecule has 6 heteroatoms. The van der Waals surface area contributed by atoms with Gasteiger partial charge in [0.25, 0.3) is 5.91 Å². The molecule has 2 aromatic carbocycles. The van der Waals surface area contributed by atoms with Crippen LogP contribution in [-0.2, 0) is 6.18 Å². The molecule has 0 radical (unpaired) electrons. The highest BCUT2D eigenvalue weighted by atomic mass is 19.4. The Hall–Kier alpha value is -2.50. The first-order valence-electron chi connectivity index (χ1n) is 7.49. The second-order valence-corrected chi connectivity index (χ2v) is 5.60. The molecule has 0 fully saturated rings. The zero-order valence-corrected chi connectivity index (χ0v) is 13.7. The predicted molar refractivity (Wildman–Crippen MR) is 88.1 cm³/mol. The molecular weight excluding hydrogens is 317 g/mol. The van der Waals surface area contributed by atoms with E-state index in [1.54, 1.807) is 14.0 Å². The number of carbonyl (C=O) groups excluding carboxylic acids is 1. The Morgan fingerprint density at radius 1 is 1.12 bits per heavy atom. The smallest absolute Gasteiger partial charge is 0.388 e. The van der Waals surface area contributed by atoms with E-state index >= 15 is 0 Å². The van der Waals surface area contributed by atoms with Crippen LogP contribution in [0.1, 0.15) is 40.0 Å².